The zero-order valence-corrected chi connectivity index (χ0v) is 14.1. The van der Waals surface area contributed by atoms with Gasteiger partial charge in [-0.1, -0.05) is 24.3 Å². The summed E-state index contributed by atoms with van der Waals surface area (Å²) in [7, 11) is 0. The predicted molar refractivity (Wildman–Crippen MR) is 91.9 cm³/mol. The molecule has 0 saturated heterocycles. The average molecular weight is 309 g/mol. The zero-order valence-electron chi connectivity index (χ0n) is 14.1. The zero-order chi connectivity index (χ0) is 16.6. The van der Waals surface area contributed by atoms with Gasteiger partial charge in [0.1, 0.15) is 11.4 Å². The Morgan fingerprint density at radius 3 is 2.61 bits per heavy atom. The van der Waals surface area contributed by atoms with Gasteiger partial charge in [0.2, 0.25) is 0 Å². The lowest BCUT2D eigenvalue weighted by molar-refractivity contribution is 0.0619. The molecule has 0 bridgehead atoms. The van der Waals surface area contributed by atoms with E-state index in [1.54, 1.807) is 0 Å². The van der Waals surface area contributed by atoms with E-state index in [2.05, 4.69) is 19.2 Å². The van der Waals surface area contributed by atoms with Crippen LogP contribution in [0.5, 0.6) is 5.75 Å². The van der Waals surface area contributed by atoms with Crippen LogP contribution in [-0.2, 0) is 0 Å². The van der Waals surface area contributed by atoms with Crippen LogP contribution >= 0.6 is 0 Å². The van der Waals surface area contributed by atoms with Gasteiger partial charge in [0.25, 0.3) is 5.91 Å². The molecule has 120 valence electrons. The summed E-state index contributed by atoms with van der Waals surface area (Å²) in [5.41, 5.74) is 3.78. The van der Waals surface area contributed by atoms with Crippen molar-refractivity contribution in [2.75, 3.05) is 0 Å². The maximum absolute atomic E-state index is 12.6. The third kappa shape index (κ3) is 3.24. The van der Waals surface area contributed by atoms with E-state index in [0.717, 1.165) is 23.3 Å². The van der Waals surface area contributed by atoms with E-state index >= 15 is 0 Å². The van der Waals surface area contributed by atoms with Crippen LogP contribution in [0.3, 0.4) is 0 Å². The van der Waals surface area contributed by atoms with Gasteiger partial charge in [-0.25, -0.2) is 0 Å². The summed E-state index contributed by atoms with van der Waals surface area (Å²) in [6.07, 6.45) is 0.751. The van der Waals surface area contributed by atoms with Gasteiger partial charge < -0.3 is 10.1 Å². The highest BCUT2D eigenvalue weighted by Crippen LogP contribution is 2.39. The molecule has 0 spiro atoms. The topological polar surface area (TPSA) is 38.3 Å². The molecule has 0 fully saturated rings. The van der Waals surface area contributed by atoms with Crippen molar-refractivity contribution in [3.63, 3.8) is 0 Å². The Balaban J connectivity index is 1.87. The molecule has 23 heavy (non-hydrogen) atoms. The largest absolute Gasteiger partial charge is 0.487 e. The number of benzene rings is 2. The number of carbonyl (C=O) groups is 1. The fraction of sp³-hybridized carbons (Fsp3) is 0.350. The summed E-state index contributed by atoms with van der Waals surface area (Å²) in [5.74, 6) is 0.819. The molecule has 1 N–H and O–H groups in total. The van der Waals surface area contributed by atoms with E-state index in [9.17, 15) is 4.79 Å². The normalized spacial score (nSPS) is 18.7. The molecule has 2 aromatic carbocycles. The van der Waals surface area contributed by atoms with Crippen LogP contribution in [-0.4, -0.2) is 11.5 Å². The van der Waals surface area contributed by atoms with E-state index in [0.29, 0.717) is 5.56 Å². The van der Waals surface area contributed by atoms with Gasteiger partial charge in [-0.2, -0.15) is 0 Å². The van der Waals surface area contributed by atoms with E-state index in [1.807, 2.05) is 56.3 Å². The van der Waals surface area contributed by atoms with Crippen LogP contribution in [0, 0.1) is 13.8 Å². The van der Waals surface area contributed by atoms with E-state index in [-0.39, 0.29) is 17.6 Å². The molecule has 0 saturated carbocycles. The SMILES string of the molecule is Cc1ccc(C(=O)N[C@H]2CC(C)(C)Oc3ccccc32)cc1C. The van der Waals surface area contributed by atoms with Crippen LogP contribution in [0.25, 0.3) is 0 Å². The lowest BCUT2D eigenvalue weighted by Gasteiger charge is -2.37. The van der Waals surface area contributed by atoms with Crippen molar-refractivity contribution < 1.29 is 9.53 Å². The molecule has 1 aliphatic rings. The smallest absolute Gasteiger partial charge is 0.251 e. The van der Waals surface area contributed by atoms with Crippen molar-refractivity contribution in [1.29, 1.82) is 0 Å². The summed E-state index contributed by atoms with van der Waals surface area (Å²) < 4.78 is 6.02. The molecular formula is C20H23NO2. The van der Waals surface area contributed by atoms with Crippen LogP contribution in [0.4, 0.5) is 0 Å². The molecular weight excluding hydrogens is 286 g/mol. The highest BCUT2D eigenvalue weighted by molar-refractivity contribution is 5.94. The summed E-state index contributed by atoms with van der Waals surface area (Å²) in [6, 6.07) is 13.7. The Kier molecular flexibility index (Phi) is 3.88. The molecule has 1 aliphatic heterocycles. The minimum absolute atomic E-state index is 0.0365. The summed E-state index contributed by atoms with van der Waals surface area (Å²) in [4.78, 5) is 12.6. The molecule has 0 unspecified atom stereocenters. The number of aryl methyl sites for hydroxylation is 2. The maximum atomic E-state index is 12.6. The first-order valence-electron chi connectivity index (χ1n) is 8.02. The van der Waals surface area contributed by atoms with Crippen LogP contribution in [0.2, 0.25) is 0 Å². The fourth-order valence-corrected chi connectivity index (χ4v) is 3.06. The number of hydrogen-bond donors (Lipinski definition) is 1. The Morgan fingerprint density at radius 2 is 1.87 bits per heavy atom. The van der Waals surface area contributed by atoms with Gasteiger partial charge in [0, 0.05) is 17.5 Å². The van der Waals surface area contributed by atoms with E-state index < -0.39 is 0 Å². The highest BCUT2D eigenvalue weighted by Gasteiger charge is 2.34. The molecule has 3 nitrogen and oxygen atoms in total. The number of para-hydroxylation sites is 1. The molecule has 1 amide bonds. The lowest BCUT2D eigenvalue weighted by atomic mass is 9.89. The molecule has 0 aliphatic carbocycles. The van der Waals surface area contributed by atoms with Gasteiger partial charge in [0.05, 0.1) is 6.04 Å². The molecule has 2 aromatic rings. The third-order valence-electron chi connectivity index (χ3n) is 4.45. The van der Waals surface area contributed by atoms with Crippen molar-refractivity contribution in [1.82, 2.24) is 5.32 Å². The van der Waals surface area contributed by atoms with Gasteiger partial charge in [0.15, 0.2) is 0 Å². The first-order chi connectivity index (χ1) is 10.9. The second-order valence-electron chi connectivity index (χ2n) is 6.93. The third-order valence-corrected chi connectivity index (χ3v) is 4.45. The Labute approximate surface area is 137 Å². The second-order valence-corrected chi connectivity index (χ2v) is 6.93. The minimum atomic E-state index is -0.296. The van der Waals surface area contributed by atoms with Gasteiger partial charge in [-0.3, -0.25) is 4.79 Å². The minimum Gasteiger partial charge on any atom is -0.487 e. The number of hydrogen-bond acceptors (Lipinski definition) is 2. The number of amides is 1. The van der Waals surface area contributed by atoms with Crippen LogP contribution in [0.15, 0.2) is 42.5 Å². The quantitative estimate of drug-likeness (QED) is 0.896. The number of rotatable bonds is 2. The first kappa shape index (κ1) is 15.6. The number of fused-ring (bicyclic) bond motifs is 1. The number of carbonyl (C=O) groups excluding carboxylic acids is 1. The Hall–Kier alpha value is -2.29. The number of nitrogens with one attached hydrogen (secondary N) is 1. The fourth-order valence-electron chi connectivity index (χ4n) is 3.06. The van der Waals surface area contributed by atoms with Crippen molar-refractivity contribution in [3.05, 3.63) is 64.7 Å². The summed E-state index contributed by atoms with van der Waals surface area (Å²) >= 11 is 0. The highest BCUT2D eigenvalue weighted by atomic mass is 16.5. The lowest BCUT2D eigenvalue weighted by Crippen LogP contribution is -2.41. The Bertz CT molecular complexity index is 749. The molecule has 0 aromatic heterocycles. The van der Waals surface area contributed by atoms with Crippen LogP contribution < -0.4 is 10.1 Å². The molecule has 0 radical (unpaired) electrons. The van der Waals surface area contributed by atoms with Gasteiger partial charge >= 0.3 is 0 Å². The standard InChI is InChI=1S/C20H23NO2/c1-13-9-10-15(11-14(13)2)19(22)21-17-12-20(3,4)23-18-8-6-5-7-16(17)18/h5-11,17H,12H2,1-4H3,(H,21,22)/t17-/m0/s1. The average Bonchev–Trinajstić information content (AvgIpc) is 2.48. The maximum Gasteiger partial charge on any atom is 0.251 e. The van der Waals surface area contributed by atoms with Crippen molar-refractivity contribution in [3.8, 4) is 5.75 Å². The monoisotopic (exact) mass is 309 g/mol. The van der Waals surface area contributed by atoms with Crippen molar-refractivity contribution in [2.24, 2.45) is 0 Å². The van der Waals surface area contributed by atoms with Gasteiger partial charge in [-0.15, -0.1) is 0 Å². The van der Waals surface area contributed by atoms with Crippen molar-refractivity contribution >= 4 is 5.91 Å². The summed E-state index contributed by atoms with van der Waals surface area (Å²) in [6.45, 7) is 8.18. The van der Waals surface area contributed by atoms with Crippen LogP contribution in [0.1, 0.15) is 53.4 Å². The van der Waals surface area contributed by atoms with E-state index in [1.165, 1.54) is 5.56 Å². The molecule has 1 atom stereocenters. The molecule has 3 heteroatoms. The first-order valence-corrected chi connectivity index (χ1v) is 8.02. The molecule has 3 rings (SSSR count). The van der Waals surface area contributed by atoms with E-state index in [4.69, 9.17) is 4.74 Å². The predicted octanol–water partition coefficient (Wildman–Crippen LogP) is 4.34. The summed E-state index contributed by atoms with van der Waals surface area (Å²) in [5, 5.41) is 3.17. The van der Waals surface area contributed by atoms with Gasteiger partial charge in [-0.05, 0) is 57.0 Å². The number of ether oxygens (including phenoxy) is 1. The van der Waals surface area contributed by atoms with Crippen molar-refractivity contribution in [2.45, 2.75) is 45.8 Å². The molecule has 1 heterocycles. The second kappa shape index (κ2) is 5.73. The Morgan fingerprint density at radius 1 is 1.13 bits per heavy atom.